The zero-order valence-corrected chi connectivity index (χ0v) is 12.5. The van der Waals surface area contributed by atoms with Crippen LogP contribution >= 0.6 is 0 Å². The van der Waals surface area contributed by atoms with Crippen molar-refractivity contribution >= 4 is 10.0 Å². The highest BCUT2D eigenvalue weighted by atomic mass is 32.2. The first-order chi connectivity index (χ1) is 8.78. The van der Waals surface area contributed by atoms with Gasteiger partial charge in [0.05, 0.1) is 11.4 Å². The molecule has 0 atom stereocenters. The van der Waals surface area contributed by atoms with Crippen LogP contribution in [0.1, 0.15) is 38.1 Å². The second-order valence-electron chi connectivity index (χ2n) is 5.93. The van der Waals surface area contributed by atoms with Gasteiger partial charge in [0.15, 0.2) is 0 Å². The first-order valence-electron chi connectivity index (χ1n) is 6.52. The van der Waals surface area contributed by atoms with Gasteiger partial charge in [0.2, 0.25) is 10.0 Å². The fraction of sp³-hybridized carbons (Fsp3) is 0.750. The Morgan fingerprint density at radius 3 is 2.74 bits per heavy atom. The Labute approximate surface area is 114 Å². The fourth-order valence-electron chi connectivity index (χ4n) is 2.65. The molecule has 0 spiro atoms. The molecule has 0 radical (unpaired) electrons. The third-order valence-corrected chi connectivity index (χ3v) is 5.67. The van der Waals surface area contributed by atoms with Gasteiger partial charge in [-0.05, 0) is 25.2 Å². The van der Waals surface area contributed by atoms with E-state index in [1.54, 1.807) is 11.2 Å². The van der Waals surface area contributed by atoms with Crippen molar-refractivity contribution < 1.29 is 8.42 Å². The Morgan fingerprint density at radius 2 is 2.16 bits per heavy atom. The highest BCUT2D eigenvalue weighted by Crippen LogP contribution is 2.32. The Balaban J connectivity index is 2.39. The molecule has 2 heterocycles. The van der Waals surface area contributed by atoms with E-state index < -0.39 is 10.0 Å². The van der Waals surface area contributed by atoms with Crippen molar-refractivity contribution in [3.05, 3.63) is 11.4 Å². The van der Waals surface area contributed by atoms with Crippen LogP contribution in [0.15, 0.2) is 4.90 Å². The van der Waals surface area contributed by atoms with Crippen molar-refractivity contribution in [2.24, 2.45) is 11.1 Å². The molecule has 2 rings (SSSR count). The van der Waals surface area contributed by atoms with Gasteiger partial charge in [-0.3, -0.25) is 5.10 Å². The lowest BCUT2D eigenvalue weighted by Gasteiger charge is -2.37. The maximum Gasteiger partial charge on any atom is 0.246 e. The number of nitrogens with two attached hydrogens (primary N) is 1. The third kappa shape index (κ3) is 2.68. The van der Waals surface area contributed by atoms with Crippen LogP contribution in [-0.4, -0.2) is 36.0 Å². The molecule has 1 aliphatic heterocycles. The molecule has 1 aromatic heterocycles. The summed E-state index contributed by atoms with van der Waals surface area (Å²) < 4.78 is 27.1. The smallest absolute Gasteiger partial charge is 0.246 e. The lowest BCUT2D eigenvalue weighted by Crippen LogP contribution is -2.43. The number of aryl methyl sites for hydroxylation is 1. The van der Waals surface area contributed by atoms with E-state index in [4.69, 9.17) is 5.73 Å². The minimum Gasteiger partial charge on any atom is -0.325 e. The van der Waals surface area contributed by atoms with Crippen molar-refractivity contribution in [1.29, 1.82) is 0 Å². The molecule has 1 saturated heterocycles. The number of H-pyrrole nitrogens is 1. The summed E-state index contributed by atoms with van der Waals surface area (Å²) in [6.45, 7) is 7.15. The summed E-state index contributed by atoms with van der Waals surface area (Å²) in [6.07, 6.45) is 1.94. The average molecular weight is 286 g/mol. The number of rotatable bonds is 3. The zero-order chi connectivity index (χ0) is 14.3. The van der Waals surface area contributed by atoms with Crippen LogP contribution in [0.2, 0.25) is 0 Å². The molecule has 0 bridgehead atoms. The summed E-state index contributed by atoms with van der Waals surface area (Å²) in [5.41, 5.74) is 6.57. The molecular weight excluding hydrogens is 264 g/mol. The van der Waals surface area contributed by atoms with E-state index in [2.05, 4.69) is 24.0 Å². The first-order valence-corrected chi connectivity index (χ1v) is 7.96. The van der Waals surface area contributed by atoms with E-state index in [0.29, 0.717) is 24.5 Å². The minimum absolute atomic E-state index is 0.0197. The van der Waals surface area contributed by atoms with Crippen LogP contribution in [0.25, 0.3) is 0 Å². The second kappa shape index (κ2) is 4.88. The quantitative estimate of drug-likeness (QED) is 0.866. The number of hydrogen-bond acceptors (Lipinski definition) is 4. The van der Waals surface area contributed by atoms with Crippen molar-refractivity contribution in [2.45, 2.75) is 45.1 Å². The lowest BCUT2D eigenvalue weighted by molar-refractivity contribution is 0.187. The van der Waals surface area contributed by atoms with E-state index in [1.807, 2.05) is 0 Å². The van der Waals surface area contributed by atoms with Crippen LogP contribution in [0.5, 0.6) is 0 Å². The largest absolute Gasteiger partial charge is 0.325 e. The summed E-state index contributed by atoms with van der Waals surface area (Å²) in [5.74, 6) is 0. The summed E-state index contributed by atoms with van der Waals surface area (Å²) in [5, 5.41) is 6.69. The van der Waals surface area contributed by atoms with Crippen molar-refractivity contribution in [3.63, 3.8) is 0 Å². The van der Waals surface area contributed by atoms with Crippen LogP contribution < -0.4 is 5.73 Å². The van der Waals surface area contributed by atoms with Gasteiger partial charge in [0.1, 0.15) is 4.90 Å². The summed E-state index contributed by atoms with van der Waals surface area (Å²) in [6, 6.07) is 0. The topological polar surface area (TPSA) is 92.1 Å². The fourth-order valence-corrected chi connectivity index (χ4v) is 4.66. The number of hydrogen-bond donors (Lipinski definition) is 2. The molecule has 0 aromatic carbocycles. The van der Waals surface area contributed by atoms with Gasteiger partial charge in [-0.2, -0.15) is 9.40 Å². The summed E-state index contributed by atoms with van der Waals surface area (Å²) >= 11 is 0. The number of piperidine rings is 1. The number of sulfonamides is 1. The van der Waals surface area contributed by atoms with Crippen LogP contribution in [0.3, 0.4) is 0 Å². The van der Waals surface area contributed by atoms with Crippen LogP contribution in [0.4, 0.5) is 0 Å². The Morgan fingerprint density at radius 1 is 1.47 bits per heavy atom. The monoisotopic (exact) mass is 286 g/mol. The Hall–Kier alpha value is -0.920. The van der Waals surface area contributed by atoms with E-state index >= 15 is 0 Å². The molecule has 0 aliphatic carbocycles. The van der Waals surface area contributed by atoms with Gasteiger partial charge >= 0.3 is 0 Å². The molecule has 1 fully saturated rings. The molecule has 0 amide bonds. The van der Waals surface area contributed by atoms with Gasteiger partial charge in [-0.15, -0.1) is 0 Å². The molecule has 19 heavy (non-hydrogen) atoms. The highest BCUT2D eigenvalue weighted by Gasteiger charge is 2.36. The van der Waals surface area contributed by atoms with E-state index in [-0.39, 0.29) is 16.9 Å². The van der Waals surface area contributed by atoms with Crippen molar-refractivity contribution in [3.8, 4) is 0 Å². The van der Waals surface area contributed by atoms with Gasteiger partial charge in [0.25, 0.3) is 0 Å². The zero-order valence-electron chi connectivity index (χ0n) is 11.7. The Bertz CT molecular complexity index is 562. The highest BCUT2D eigenvalue weighted by molar-refractivity contribution is 7.89. The van der Waals surface area contributed by atoms with Crippen LogP contribution in [-0.2, 0) is 16.6 Å². The maximum atomic E-state index is 12.7. The number of nitrogens with zero attached hydrogens (tertiary/aromatic N) is 2. The molecule has 0 unspecified atom stereocenters. The van der Waals surface area contributed by atoms with Crippen LogP contribution in [0, 0.1) is 12.3 Å². The minimum atomic E-state index is -3.50. The standard InChI is InChI=1S/C12H22N4O2S/c1-9-11(10(7-13)15-14-9)19(17,18)16-6-4-5-12(2,3)8-16/h4-8,13H2,1-3H3,(H,14,15). The lowest BCUT2D eigenvalue weighted by atomic mass is 9.85. The molecule has 6 nitrogen and oxygen atoms in total. The molecule has 7 heteroatoms. The van der Waals surface area contributed by atoms with Crippen molar-refractivity contribution in [1.82, 2.24) is 14.5 Å². The van der Waals surface area contributed by atoms with Gasteiger partial charge < -0.3 is 5.73 Å². The van der Waals surface area contributed by atoms with Gasteiger partial charge in [-0.25, -0.2) is 8.42 Å². The number of aromatic nitrogens is 2. The van der Waals surface area contributed by atoms with E-state index in [1.165, 1.54) is 0 Å². The SMILES string of the molecule is Cc1[nH]nc(CN)c1S(=O)(=O)N1CCCC(C)(C)C1. The molecule has 1 aliphatic rings. The van der Waals surface area contributed by atoms with E-state index in [9.17, 15) is 8.42 Å². The molecule has 3 N–H and O–H groups in total. The molecule has 1 aromatic rings. The second-order valence-corrected chi connectivity index (χ2v) is 7.81. The predicted molar refractivity (Wildman–Crippen MR) is 73.0 cm³/mol. The van der Waals surface area contributed by atoms with E-state index in [0.717, 1.165) is 12.8 Å². The third-order valence-electron chi connectivity index (χ3n) is 3.62. The van der Waals surface area contributed by atoms with Crippen molar-refractivity contribution in [2.75, 3.05) is 13.1 Å². The molecule has 108 valence electrons. The summed E-state index contributed by atoms with van der Waals surface area (Å²) in [7, 11) is -3.50. The number of aromatic amines is 1. The number of nitrogens with one attached hydrogen (secondary N) is 1. The predicted octanol–water partition coefficient (Wildman–Crippen LogP) is 0.988. The normalized spacial score (nSPS) is 20.6. The molecular formula is C12H22N4O2S. The Kier molecular flexibility index (Phi) is 3.72. The maximum absolute atomic E-state index is 12.7. The average Bonchev–Trinajstić information content (AvgIpc) is 2.69. The summed E-state index contributed by atoms with van der Waals surface area (Å²) in [4.78, 5) is 0.257. The van der Waals surface area contributed by atoms with Gasteiger partial charge in [-0.1, -0.05) is 13.8 Å². The molecule has 0 saturated carbocycles. The first kappa shape index (κ1) is 14.5. The van der Waals surface area contributed by atoms with Gasteiger partial charge in [0, 0.05) is 19.6 Å².